The molecule has 16 heteroatoms. The van der Waals surface area contributed by atoms with Crippen molar-refractivity contribution < 1.29 is 46.5 Å². The van der Waals surface area contributed by atoms with Gasteiger partial charge in [0.2, 0.25) is 27.7 Å². The number of carbonyl (C=O) groups excluding carboxylic acids is 4. The molecule has 1 aromatic carbocycles. The van der Waals surface area contributed by atoms with E-state index in [1.807, 2.05) is 39.8 Å². The Bertz CT molecular complexity index is 2050. The lowest BCUT2D eigenvalue weighted by molar-refractivity contribution is -0.143. The number of aryl methyl sites for hydroxylation is 1. The Morgan fingerprint density at radius 3 is 2.53 bits per heavy atom. The van der Waals surface area contributed by atoms with E-state index in [4.69, 9.17) is 23.9 Å². The number of rotatable bonds is 9. The summed E-state index contributed by atoms with van der Waals surface area (Å²) in [5.74, 6) is -0.945. The van der Waals surface area contributed by atoms with Crippen LogP contribution in [0.2, 0.25) is 0 Å². The third kappa shape index (κ3) is 8.37. The van der Waals surface area contributed by atoms with Gasteiger partial charge in [-0.05, 0) is 87.7 Å². The standard InChI is InChI=1S/C41H55N5O10S/c1-7-25-21-41(25,38(49)45-57(51,52)27-15-16-27)44-36(47)30-18-26-22-46(30)37(48)35(40(3,4)5)43-39(50)56-31-14-10-12-23(31)11-9-13-24-17-28-29(19-32(24)53-6)42-34(54-8-2)20-33(28)55-26/h7,17,19-20,23,25-27,30-31,35H,1,8-16,18,21-22H2,2-6H3,(H,43,50)(H,44,47)(H,45,49)/t23-,25+,26-,30+,31-,35-,41+/m1/s1. The Labute approximate surface area is 334 Å². The second-order valence-electron chi connectivity index (χ2n) is 17.2. The molecule has 7 atom stereocenters. The van der Waals surface area contributed by atoms with Crippen molar-refractivity contribution >= 4 is 44.7 Å². The lowest BCUT2D eigenvalue weighted by Gasteiger charge is -2.35. The van der Waals surface area contributed by atoms with E-state index in [9.17, 15) is 27.6 Å². The minimum absolute atomic E-state index is 0.0241. The van der Waals surface area contributed by atoms with Gasteiger partial charge >= 0.3 is 6.09 Å². The summed E-state index contributed by atoms with van der Waals surface area (Å²) in [6, 6.07) is 3.32. The van der Waals surface area contributed by atoms with Gasteiger partial charge in [0.05, 0.1) is 31.0 Å². The summed E-state index contributed by atoms with van der Waals surface area (Å²) < 4.78 is 52.1. The van der Waals surface area contributed by atoms with Crippen molar-refractivity contribution in [3.63, 3.8) is 0 Å². The molecule has 4 amide bonds. The fraction of sp³-hybridized carbons (Fsp3) is 0.634. The van der Waals surface area contributed by atoms with Crippen LogP contribution in [-0.4, -0.2) is 97.5 Å². The molecule has 3 heterocycles. The normalized spacial score (nSPS) is 29.2. The van der Waals surface area contributed by atoms with Crippen LogP contribution in [0.1, 0.15) is 91.0 Å². The van der Waals surface area contributed by atoms with Crippen LogP contribution in [0.15, 0.2) is 30.9 Å². The zero-order valence-corrected chi connectivity index (χ0v) is 34.2. The van der Waals surface area contributed by atoms with Gasteiger partial charge in [-0.2, -0.15) is 0 Å². The minimum atomic E-state index is -3.91. The predicted molar refractivity (Wildman–Crippen MR) is 210 cm³/mol. The van der Waals surface area contributed by atoms with Gasteiger partial charge in [0.25, 0.3) is 5.91 Å². The maximum atomic E-state index is 14.8. The molecule has 4 fully saturated rings. The third-order valence-corrected chi connectivity index (χ3v) is 13.9. The lowest BCUT2D eigenvalue weighted by Crippen LogP contribution is -2.60. The van der Waals surface area contributed by atoms with Gasteiger partial charge in [-0.25, -0.2) is 18.2 Å². The highest BCUT2D eigenvalue weighted by atomic mass is 32.2. The molecule has 4 bridgehead atoms. The molecule has 1 saturated heterocycles. The van der Waals surface area contributed by atoms with Crippen LogP contribution >= 0.6 is 0 Å². The monoisotopic (exact) mass is 809 g/mol. The van der Waals surface area contributed by atoms with Gasteiger partial charge in [0.1, 0.15) is 41.3 Å². The number of sulfonamides is 1. The van der Waals surface area contributed by atoms with Gasteiger partial charge in [-0.15, -0.1) is 6.58 Å². The van der Waals surface area contributed by atoms with Crippen molar-refractivity contribution in [1.29, 1.82) is 0 Å². The number of methoxy groups -OCH3 is 1. The Kier molecular flexibility index (Phi) is 11.1. The third-order valence-electron chi connectivity index (χ3n) is 12.1. The highest BCUT2D eigenvalue weighted by molar-refractivity contribution is 7.91. The van der Waals surface area contributed by atoms with E-state index in [2.05, 4.69) is 21.9 Å². The molecule has 1 aromatic heterocycles. The highest BCUT2D eigenvalue weighted by Crippen LogP contribution is 2.46. The first-order chi connectivity index (χ1) is 27.1. The van der Waals surface area contributed by atoms with Crippen LogP contribution in [0.4, 0.5) is 4.79 Å². The summed E-state index contributed by atoms with van der Waals surface area (Å²) >= 11 is 0. The van der Waals surface area contributed by atoms with Crippen molar-refractivity contribution in [3.05, 3.63) is 36.4 Å². The molecule has 3 aliphatic carbocycles. The molecule has 3 saturated carbocycles. The molecule has 2 aromatic rings. The summed E-state index contributed by atoms with van der Waals surface area (Å²) in [6.07, 6.45) is 5.77. The zero-order valence-electron chi connectivity index (χ0n) is 33.4. The van der Waals surface area contributed by atoms with Crippen LogP contribution in [0.25, 0.3) is 10.9 Å². The van der Waals surface area contributed by atoms with Crippen LogP contribution < -0.4 is 29.6 Å². The second kappa shape index (κ2) is 15.6. The van der Waals surface area contributed by atoms with Crippen LogP contribution in [0, 0.1) is 17.3 Å². The summed E-state index contributed by atoms with van der Waals surface area (Å²) in [7, 11) is -2.30. The summed E-state index contributed by atoms with van der Waals surface area (Å²) in [6.45, 7) is 11.4. The second-order valence-corrected chi connectivity index (χ2v) is 19.2. The summed E-state index contributed by atoms with van der Waals surface area (Å²) in [5.41, 5.74) is -0.827. The number of carbonyl (C=O) groups is 4. The van der Waals surface area contributed by atoms with Gasteiger partial charge in [-0.1, -0.05) is 26.8 Å². The first-order valence-corrected chi connectivity index (χ1v) is 21.7. The van der Waals surface area contributed by atoms with Gasteiger partial charge in [-0.3, -0.25) is 19.1 Å². The maximum Gasteiger partial charge on any atom is 0.408 e. The first kappa shape index (κ1) is 40.6. The first-order valence-electron chi connectivity index (χ1n) is 20.2. The molecular formula is C41H55N5O10S. The topological polar surface area (TPSA) is 192 Å². The van der Waals surface area contributed by atoms with Crippen LogP contribution in [0.5, 0.6) is 17.4 Å². The predicted octanol–water partition coefficient (Wildman–Crippen LogP) is 4.31. The summed E-state index contributed by atoms with van der Waals surface area (Å²) in [4.78, 5) is 62.6. The molecule has 7 rings (SSSR count). The Morgan fingerprint density at radius 2 is 1.86 bits per heavy atom. The number of fused-ring (bicyclic) bond motifs is 4. The average molecular weight is 810 g/mol. The molecule has 2 aliphatic heterocycles. The minimum Gasteiger partial charge on any atom is -0.496 e. The SMILES string of the molecule is C=C[C@H]1C[C@@]1(NC(=O)[C@@H]1C[C@@H]2CN1C(=O)[C@H](C(C)(C)C)NC(=O)O[C@@H]1CCC[C@H]1CCCc1cc3c(cc(OCC)nc3cc1OC)O2)C(=O)NS(=O)(=O)C1CC1. The van der Waals surface area contributed by atoms with Crippen molar-refractivity contribution in [2.75, 3.05) is 20.3 Å². The number of alkyl carbamates (subject to hydrolysis) is 1. The van der Waals surface area contributed by atoms with Gasteiger partial charge in [0, 0.05) is 29.9 Å². The Hall–Kier alpha value is -4.60. The molecule has 0 unspecified atom stereocenters. The number of nitrogens with zero attached hydrogens (tertiary/aromatic N) is 2. The van der Waals surface area contributed by atoms with E-state index in [1.54, 1.807) is 13.2 Å². The van der Waals surface area contributed by atoms with E-state index >= 15 is 0 Å². The molecular weight excluding hydrogens is 755 g/mol. The van der Waals surface area contributed by atoms with E-state index in [0.717, 1.165) is 37.7 Å². The number of amides is 4. The number of aromatic nitrogens is 1. The van der Waals surface area contributed by atoms with Crippen molar-refractivity contribution in [1.82, 2.24) is 25.2 Å². The molecule has 310 valence electrons. The fourth-order valence-electron chi connectivity index (χ4n) is 8.67. The van der Waals surface area contributed by atoms with Gasteiger partial charge < -0.3 is 34.5 Å². The number of hydrogen-bond donors (Lipinski definition) is 3. The number of pyridine rings is 1. The lowest BCUT2D eigenvalue weighted by atomic mass is 9.85. The van der Waals surface area contributed by atoms with E-state index in [-0.39, 0.29) is 31.4 Å². The Balaban J connectivity index is 1.27. The number of benzene rings is 1. The van der Waals surface area contributed by atoms with Crippen LogP contribution in [0.3, 0.4) is 0 Å². The quantitative estimate of drug-likeness (QED) is 0.306. The number of hydrogen-bond acceptors (Lipinski definition) is 11. The maximum absolute atomic E-state index is 14.8. The largest absolute Gasteiger partial charge is 0.496 e. The molecule has 5 aliphatic rings. The highest BCUT2D eigenvalue weighted by Gasteiger charge is 2.62. The van der Waals surface area contributed by atoms with E-state index in [1.165, 1.54) is 11.0 Å². The smallest absolute Gasteiger partial charge is 0.408 e. The molecule has 0 radical (unpaired) electrons. The number of ether oxygens (including phenoxy) is 4. The zero-order chi connectivity index (χ0) is 40.9. The van der Waals surface area contributed by atoms with Gasteiger partial charge in [0.15, 0.2) is 0 Å². The van der Waals surface area contributed by atoms with Crippen molar-refractivity contribution in [3.8, 4) is 17.4 Å². The number of nitrogens with one attached hydrogen (secondary N) is 3. The van der Waals surface area contributed by atoms with Crippen LogP contribution in [-0.2, 0) is 35.6 Å². The molecule has 15 nitrogen and oxygen atoms in total. The Morgan fingerprint density at radius 1 is 1.11 bits per heavy atom. The average Bonchev–Trinajstić information content (AvgIpc) is 4.05. The fourth-order valence-corrected chi connectivity index (χ4v) is 10.0. The molecule has 3 N–H and O–H groups in total. The molecule has 0 spiro atoms. The van der Waals surface area contributed by atoms with E-state index < -0.39 is 74.1 Å². The summed E-state index contributed by atoms with van der Waals surface area (Å²) in [5, 5.41) is 5.75. The molecule has 57 heavy (non-hydrogen) atoms. The van der Waals surface area contributed by atoms with Crippen molar-refractivity contribution in [2.45, 2.75) is 127 Å². The van der Waals surface area contributed by atoms with Crippen molar-refractivity contribution in [2.24, 2.45) is 17.3 Å². The van der Waals surface area contributed by atoms with E-state index in [0.29, 0.717) is 54.2 Å².